The highest BCUT2D eigenvalue weighted by molar-refractivity contribution is 5.74. The van der Waals surface area contributed by atoms with Gasteiger partial charge in [-0.2, -0.15) is 0 Å². The molecule has 0 amide bonds. The van der Waals surface area contributed by atoms with Gasteiger partial charge in [-0.1, -0.05) is 13.3 Å². The molecule has 0 aromatic rings. The first kappa shape index (κ1) is 12.9. The molecule has 0 spiro atoms. The third-order valence-corrected chi connectivity index (χ3v) is 1.53. The van der Waals surface area contributed by atoms with Crippen molar-refractivity contribution in [3.05, 3.63) is 0 Å². The van der Waals surface area contributed by atoms with E-state index in [1.807, 2.05) is 6.92 Å². The summed E-state index contributed by atoms with van der Waals surface area (Å²) in [5, 5.41) is 8.67. The fourth-order valence-corrected chi connectivity index (χ4v) is 0.912. The van der Waals surface area contributed by atoms with E-state index in [0.717, 1.165) is 0 Å². The Labute approximate surface area is 83.0 Å². The topological polar surface area (TPSA) is 72.8 Å². The van der Waals surface area contributed by atoms with Crippen LogP contribution in [0.4, 0.5) is 0 Å². The lowest BCUT2D eigenvalue weighted by Crippen LogP contribution is -2.27. The summed E-state index contributed by atoms with van der Waals surface area (Å²) >= 11 is 0. The molecule has 0 heterocycles. The van der Waals surface area contributed by atoms with E-state index in [1.165, 1.54) is 0 Å². The number of carbonyl (C=O) groups is 2. The van der Waals surface area contributed by atoms with Crippen LogP contribution in [0.25, 0.3) is 0 Å². The molecule has 82 valence electrons. The molecule has 1 N–H and O–H groups in total. The number of carbonyl (C=O) groups excluding carboxylic acids is 1. The molecule has 5 nitrogen and oxygen atoms in total. The summed E-state index contributed by atoms with van der Waals surface area (Å²) < 4.78 is 9.48. The molecule has 1 unspecified atom stereocenters. The molecular weight excluding hydrogens is 188 g/mol. The maximum Gasteiger partial charge on any atom is 0.332 e. The quantitative estimate of drug-likeness (QED) is 0.621. The van der Waals surface area contributed by atoms with Crippen molar-refractivity contribution < 1.29 is 24.2 Å². The molecule has 0 aliphatic heterocycles. The predicted octanol–water partition coefficient (Wildman–Crippen LogP) is 0.819. The zero-order valence-corrected chi connectivity index (χ0v) is 8.49. The first-order valence-electron chi connectivity index (χ1n) is 4.61. The van der Waals surface area contributed by atoms with Crippen LogP contribution in [0.15, 0.2) is 0 Å². The number of ether oxygens (including phenoxy) is 2. The number of aliphatic carboxylic acids is 1. The highest BCUT2D eigenvalue weighted by Crippen LogP contribution is 2.02. The van der Waals surface area contributed by atoms with Crippen LogP contribution < -0.4 is 0 Å². The van der Waals surface area contributed by atoms with E-state index in [4.69, 9.17) is 9.84 Å². The predicted molar refractivity (Wildman–Crippen MR) is 48.9 cm³/mol. The summed E-state index contributed by atoms with van der Waals surface area (Å²) in [6.45, 7) is 3.50. The molecule has 5 heteroatoms. The van der Waals surface area contributed by atoms with Gasteiger partial charge in [-0.25, -0.2) is 9.59 Å². The standard InChI is InChI=1S/C9H16O5/c1-3-5-7(9(11)12)14-6-8(10)13-4-2/h7H,3-6H2,1-2H3,(H,11,12). The SMILES string of the molecule is CCCC(OCC(=O)OCC)C(=O)O. The van der Waals surface area contributed by atoms with Crippen molar-refractivity contribution in [2.24, 2.45) is 0 Å². The highest BCUT2D eigenvalue weighted by Gasteiger charge is 2.18. The summed E-state index contributed by atoms with van der Waals surface area (Å²) in [4.78, 5) is 21.4. The second kappa shape index (κ2) is 7.32. The molecule has 0 fully saturated rings. The Morgan fingerprint density at radius 1 is 1.36 bits per heavy atom. The molecule has 0 saturated carbocycles. The third-order valence-electron chi connectivity index (χ3n) is 1.53. The van der Waals surface area contributed by atoms with Crippen LogP contribution in [0.5, 0.6) is 0 Å². The van der Waals surface area contributed by atoms with E-state index in [1.54, 1.807) is 6.92 Å². The number of hydrogen-bond acceptors (Lipinski definition) is 4. The van der Waals surface area contributed by atoms with E-state index < -0.39 is 18.0 Å². The average molecular weight is 204 g/mol. The molecule has 0 bridgehead atoms. The summed E-state index contributed by atoms with van der Waals surface area (Å²) in [5.41, 5.74) is 0. The number of hydrogen-bond donors (Lipinski definition) is 1. The Balaban J connectivity index is 3.81. The maximum atomic E-state index is 10.8. The molecule has 0 rings (SSSR count). The van der Waals surface area contributed by atoms with Gasteiger partial charge in [0.05, 0.1) is 6.61 Å². The Morgan fingerprint density at radius 3 is 2.43 bits per heavy atom. The monoisotopic (exact) mass is 204 g/mol. The smallest absolute Gasteiger partial charge is 0.332 e. The van der Waals surface area contributed by atoms with Gasteiger partial charge < -0.3 is 14.6 Å². The largest absolute Gasteiger partial charge is 0.479 e. The van der Waals surface area contributed by atoms with Gasteiger partial charge in [-0.3, -0.25) is 0 Å². The number of carboxylic acid groups (broad SMARTS) is 1. The van der Waals surface area contributed by atoms with Gasteiger partial charge in [0.15, 0.2) is 6.10 Å². The zero-order chi connectivity index (χ0) is 11.0. The lowest BCUT2D eigenvalue weighted by Gasteiger charge is -2.11. The van der Waals surface area contributed by atoms with Gasteiger partial charge in [0.2, 0.25) is 0 Å². The lowest BCUT2D eigenvalue weighted by atomic mass is 10.2. The van der Waals surface area contributed by atoms with Crippen LogP contribution in [0.3, 0.4) is 0 Å². The maximum absolute atomic E-state index is 10.8. The van der Waals surface area contributed by atoms with Crippen molar-refractivity contribution in [1.82, 2.24) is 0 Å². The molecule has 0 saturated heterocycles. The van der Waals surface area contributed by atoms with E-state index in [0.29, 0.717) is 12.8 Å². The normalized spacial score (nSPS) is 12.1. The minimum atomic E-state index is -1.05. The molecule has 0 radical (unpaired) electrons. The van der Waals surface area contributed by atoms with Crippen LogP contribution >= 0.6 is 0 Å². The van der Waals surface area contributed by atoms with Gasteiger partial charge in [0, 0.05) is 0 Å². The molecule has 1 atom stereocenters. The van der Waals surface area contributed by atoms with Gasteiger partial charge in [0.25, 0.3) is 0 Å². The molecule has 0 aliphatic rings. The average Bonchev–Trinajstić information content (AvgIpc) is 2.12. The number of carboxylic acids is 1. The summed E-state index contributed by atoms with van der Waals surface area (Å²) in [6.07, 6.45) is 0.179. The molecule has 0 aromatic heterocycles. The fourth-order valence-electron chi connectivity index (χ4n) is 0.912. The number of esters is 1. The van der Waals surface area contributed by atoms with Gasteiger partial charge in [-0.15, -0.1) is 0 Å². The second-order valence-electron chi connectivity index (χ2n) is 2.73. The van der Waals surface area contributed by atoms with Gasteiger partial charge in [-0.05, 0) is 13.3 Å². The van der Waals surface area contributed by atoms with E-state index >= 15 is 0 Å². The number of rotatable bonds is 7. The molecule has 14 heavy (non-hydrogen) atoms. The van der Waals surface area contributed by atoms with Crippen LogP contribution in [0.2, 0.25) is 0 Å². The zero-order valence-electron chi connectivity index (χ0n) is 8.49. The minimum absolute atomic E-state index is 0.272. The fraction of sp³-hybridized carbons (Fsp3) is 0.778. The Kier molecular flexibility index (Phi) is 6.74. The van der Waals surface area contributed by atoms with Crippen molar-refractivity contribution in [3.63, 3.8) is 0 Å². The molecule has 0 aromatic carbocycles. The van der Waals surface area contributed by atoms with Crippen molar-refractivity contribution in [2.75, 3.05) is 13.2 Å². The van der Waals surface area contributed by atoms with Crippen molar-refractivity contribution in [3.8, 4) is 0 Å². The van der Waals surface area contributed by atoms with Crippen LogP contribution in [-0.4, -0.2) is 36.4 Å². The van der Waals surface area contributed by atoms with E-state index in [2.05, 4.69) is 4.74 Å². The first-order valence-corrected chi connectivity index (χ1v) is 4.61. The van der Waals surface area contributed by atoms with Gasteiger partial charge >= 0.3 is 11.9 Å². The Morgan fingerprint density at radius 2 is 2.00 bits per heavy atom. The van der Waals surface area contributed by atoms with Crippen molar-refractivity contribution >= 4 is 11.9 Å². The minimum Gasteiger partial charge on any atom is -0.479 e. The van der Waals surface area contributed by atoms with E-state index in [-0.39, 0.29) is 13.2 Å². The molecular formula is C9H16O5. The second-order valence-corrected chi connectivity index (χ2v) is 2.73. The van der Waals surface area contributed by atoms with Gasteiger partial charge in [0.1, 0.15) is 6.61 Å². The first-order chi connectivity index (χ1) is 6.61. The summed E-state index contributed by atoms with van der Waals surface area (Å²) in [7, 11) is 0. The highest BCUT2D eigenvalue weighted by atomic mass is 16.6. The molecule has 0 aliphatic carbocycles. The van der Waals surface area contributed by atoms with Crippen molar-refractivity contribution in [1.29, 1.82) is 0 Å². The van der Waals surface area contributed by atoms with Crippen LogP contribution in [0, 0.1) is 0 Å². The van der Waals surface area contributed by atoms with Crippen LogP contribution in [-0.2, 0) is 19.1 Å². The van der Waals surface area contributed by atoms with Crippen molar-refractivity contribution in [2.45, 2.75) is 32.8 Å². The van der Waals surface area contributed by atoms with Crippen LogP contribution in [0.1, 0.15) is 26.7 Å². The van der Waals surface area contributed by atoms with E-state index in [9.17, 15) is 9.59 Å². The third kappa shape index (κ3) is 5.53. The lowest BCUT2D eigenvalue weighted by molar-refractivity contribution is -0.159. The Bertz CT molecular complexity index is 190. The Hall–Kier alpha value is -1.10. The summed E-state index contributed by atoms with van der Waals surface area (Å²) in [6, 6.07) is 0. The summed E-state index contributed by atoms with van der Waals surface area (Å²) in [5.74, 6) is -1.58.